The minimum absolute atomic E-state index is 0.0512. The SMILES string of the molecule is CC(Oc1ccc(Cl)cc1Cl)C(=O)NNC(=S)NC(=O)c1ccccc1I. The molecule has 1 unspecified atom stereocenters. The summed E-state index contributed by atoms with van der Waals surface area (Å²) in [5.74, 6) is -0.575. The number of ether oxygens (including phenoxy) is 1. The van der Waals surface area contributed by atoms with Gasteiger partial charge in [-0.05, 0) is 72.1 Å². The second kappa shape index (κ2) is 10.1. The molecular weight excluding hydrogens is 524 g/mol. The van der Waals surface area contributed by atoms with Crippen molar-refractivity contribution < 1.29 is 14.3 Å². The molecule has 2 aromatic rings. The van der Waals surface area contributed by atoms with Crippen LogP contribution >= 0.6 is 58.0 Å². The van der Waals surface area contributed by atoms with Crippen LogP contribution in [0.1, 0.15) is 17.3 Å². The lowest BCUT2D eigenvalue weighted by atomic mass is 10.2. The summed E-state index contributed by atoms with van der Waals surface area (Å²) < 4.78 is 6.27. The molecule has 27 heavy (non-hydrogen) atoms. The number of amides is 2. The maximum Gasteiger partial charge on any atom is 0.279 e. The number of thiocarbonyl (C=S) groups is 1. The summed E-state index contributed by atoms with van der Waals surface area (Å²) in [6.07, 6.45) is -0.871. The quantitative estimate of drug-likeness (QED) is 0.315. The van der Waals surface area contributed by atoms with Crippen LogP contribution in [-0.4, -0.2) is 23.0 Å². The molecule has 3 N–H and O–H groups in total. The van der Waals surface area contributed by atoms with Gasteiger partial charge >= 0.3 is 0 Å². The Hall–Kier alpha value is -1.62. The Morgan fingerprint density at radius 3 is 2.52 bits per heavy atom. The van der Waals surface area contributed by atoms with Crippen molar-refractivity contribution in [2.24, 2.45) is 0 Å². The fourth-order valence-electron chi connectivity index (χ4n) is 1.88. The van der Waals surface area contributed by atoms with Crippen LogP contribution < -0.4 is 20.9 Å². The van der Waals surface area contributed by atoms with Crippen LogP contribution in [0.3, 0.4) is 0 Å². The predicted octanol–water partition coefficient (Wildman–Crippen LogP) is 3.70. The number of carbonyl (C=O) groups excluding carboxylic acids is 2. The summed E-state index contributed by atoms with van der Waals surface area (Å²) in [6.45, 7) is 1.54. The van der Waals surface area contributed by atoms with Crippen molar-refractivity contribution in [2.45, 2.75) is 13.0 Å². The number of benzene rings is 2. The zero-order valence-corrected chi connectivity index (χ0v) is 18.4. The van der Waals surface area contributed by atoms with Crippen molar-refractivity contribution in [3.8, 4) is 5.75 Å². The molecule has 0 bridgehead atoms. The lowest BCUT2D eigenvalue weighted by Crippen LogP contribution is -2.51. The van der Waals surface area contributed by atoms with E-state index in [-0.39, 0.29) is 16.0 Å². The van der Waals surface area contributed by atoms with Crippen LogP contribution in [0.5, 0.6) is 5.75 Å². The molecule has 0 fully saturated rings. The Morgan fingerprint density at radius 2 is 1.85 bits per heavy atom. The Morgan fingerprint density at radius 1 is 1.15 bits per heavy atom. The van der Waals surface area contributed by atoms with Crippen LogP contribution in [0, 0.1) is 3.57 Å². The smallest absolute Gasteiger partial charge is 0.279 e. The van der Waals surface area contributed by atoms with E-state index in [0.29, 0.717) is 16.3 Å². The van der Waals surface area contributed by atoms with Crippen LogP contribution in [0.2, 0.25) is 10.0 Å². The van der Waals surface area contributed by atoms with Gasteiger partial charge in [0.1, 0.15) is 5.75 Å². The summed E-state index contributed by atoms with van der Waals surface area (Å²) >= 11 is 18.9. The Labute approximate surface area is 185 Å². The minimum Gasteiger partial charge on any atom is -0.479 e. The number of hydrogen-bond acceptors (Lipinski definition) is 4. The van der Waals surface area contributed by atoms with E-state index in [0.717, 1.165) is 3.57 Å². The highest BCUT2D eigenvalue weighted by atomic mass is 127. The zero-order valence-electron chi connectivity index (χ0n) is 13.9. The number of carbonyl (C=O) groups is 2. The van der Waals surface area contributed by atoms with E-state index < -0.39 is 12.0 Å². The van der Waals surface area contributed by atoms with Crippen LogP contribution in [0.25, 0.3) is 0 Å². The van der Waals surface area contributed by atoms with E-state index in [2.05, 4.69) is 16.2 Å². The maximum absolute atomic E-state index is 12.2. The Kier molecular flexibility index (Phi) is 8.08. The van der Waals surface area contributed by atoms with Gasteiger partial charge in [-0.3, -0.25) is 25.8 Å². The van der Waals surface area contributed by atoms with Gasteiger partial charge in [0.05, 0.1) is 10.6 Å². The first kappa shape index (κ1) is 21.7. The van der Waals surface area contributed by atoms with Gasteiger partial charge in [0.2, 0.25) is 0 Å². The van der Waals surface area contributed by atoms with Crippen LogP contribution in [0.4, 0.5) is 0 Å². The standard InChI is InChI=1S/C17H14Cl2IN3O3S/c1-9(26-14-7-6-10(18)8-12(14)19)15(24)22-23-17(27)21-16(25)11-4-2-3-5-13(11)20/h2-9H,1H3,(H,22,24)(H2,21,23,25,27). The van der Waals surface area contributed by atoms with Gasteiger partial charge in [-0.15, -0.1) is 0 Å². The van der Waals surface area contributed by atoms with Gasteiger partial charge < -0.3 is 4.74 Å². The topological polar surface area (TPSA) is 79.5 Å². The van der Waals surface area contributed by atoms with Crippen LogP contribution in [-0.2, 0) is 4.79 Å². The molecule has 142 valence electrons. The highest BCUT2D eigenvalue weighted by molar-refractivity contribution is 14.1. The van der Waals surface area contributed by atoms with Crippen molar-refractivity contribution >= 4 is 74.9 Å². The third kappa shape index (κ3) is 6.49. The molecule has 0 aromatic heterocycles. The van der Waals surface area contributed by atoms with Gasteiger partial charge in [-0.2, -0.15) is 0 Å². The highest BCUT2D eigenvalue weighted by Gasteiger charge is 2.17. The molecule has 6 nitrogen and oxygen atoms in total. The molecule has 0 saturated heterocycles. The molecular formula is C17H14Cl2IN3O3S. The third-order valence-corrected chi connectivity index (χ3v) is 4.89. The average molecular weight is 538 g/mol. The van der Waals surface area contributed by atoms with Crippen molar-refractivity contribution in [2.75, 3.05) is 0 Å². The molecule has 2 aromatic carbocycles. The van der Waals surface area contributed by atoms with Crippen molar-refractivity contribution in [1.82, 2.24) is 16.2 Å². The molecule has 10 heteroatoms. The van der Waals surface area contributed by atoms with E-state index in [1.165, 1.54) is 13.0 Å². The summed E-state index contributed by atoms with van der Waals surface area (Å²) in [5, 5.41) is 3.18. The normalized spacial score (nSPS) is 11.3. The van der Waals surface area contributed by atoms with Crippen molar-refractivity contribution in [1.29, 1.82) is 0 Å². The van der Waals surface area contributed by atoms with Gasteiger partial charge in [-0.25, -0.2) is 0 Å². The van der Waals surface area contributed by atoms with E-state index in [4.69, 9.17) is 40.2 Å². The molecule has 0 aliphatic rings. The van der Waals surface area contributed by atoms with Crippen molar-refractivity contribution in [3.05, 3.63) is 61.6 Å². The first-order valence-electron chi connectivity index (χ1n) is 7.55. The molecule has 1 atom stereocenters. The molecule has 0 aliphatic carbocycles. The van der Waals surface area contributed by atoms with Crippen molar-refractivity contribution in [3.63, 3.8) is 0 Å². The van der Waals surface area contributed by atoms with Gasteiger partial charge in [0, 0.05) is 8.59 Å². The summed E-state index contributed by atoms with van der Waals surface area (Å²) in [5.41, 5.74) is 5.29. The molecule has 2 rings (SSSR count). The van der Waals surface area contributed by atoms with Crippen LogP contribution in [0.15, 0.2) is 42.5 Å². The van der Waals surface area contributed by atoms with E-state index >= 15 is 0 Å². The predicted molar refractivity (Wildman–Crippen MR) is 117 cm³/mol. The Balaban J connectivity index is 1.84. The number of hydrazine groups is 1. The largest absolute Gasteiger partial charge is 0.479 e. The fraction of sp³-hybridized carbons (Fsp3) is 0.118. The Bertz CT molecular complexity index is 882. The average Bonchev–Trinajstić information content (AvgIpc) is 2.62. The number of halogens is 3. The molecule has 0 spiro atoms. The summed E-state index contributed by atoms with van der Waals surface area (Å²) in [6, 6.07) is 11.7. The molecule has 0 saturated carbocycles. The lowest BCUT2D eigenvalue weighted by Gasteiger charge is -2.17. The van der Waals surface area contributed by atoms with E-state index in [1.54, 1.807) is 30.3 Å². The molecule has 0 heterocycles. The van der Waals surface area contributed by atoms with E-state index in [9.17, 15) is 9.59 Å². The number of hydrogen-bond donors (Lipinski definition) is 3. The first-order valence-corrected chi connectivity index (χ1v) is 9.79. The van der Waals surface area contributed by atoms with Gasteiger partial charge in [0.15, 0.2) is 11.2 Å². The van der Waals surface area contributed by atoms with Gasteiger partial charge in [-0.1, -0.05) is 35.3 Å². The van der Waals surface area contributed by atoms with E-state index in [1.807, 2.05) is 28.7 Å². The minimum atomic E-state index is -0.871. The fourth-order valence-corrected chi connectivity index (χ4v) is 3.11. The third-order valence-electron chi connectivity index (χ3n) is 3.21. The zero-order chi connectivity index (χ0) is 20.0. The second-order valence-electron chi connectivity index (χ2n) is 5.21. The number of nitrogens with one attached hydrogen (secondary N) is 3. The molecule has 0 radical (unpaired) electrons. The van der Waals surface area contributed by atoms with Gasteiger partial charge in [0.25, 0.3) is 11.8 Å². The monoisotopic (exact) mass is 537 g/mol. The molecule has 2 amide bonds. The maximum atomic E-state index is 12.2. The first-order chi connectivity index (χ1) is 12.8. The summed E-state index contributed by atoms with van der Waals surface area (Å²) in [7, 11) is 0. The molecule has 0 aliphatic heterocycles. The lowest BCUT2D eigenvalue weighted by molar-refractivity contribution is -0.127. The second-order valence-corrected chi connectivity index (χ2v) is 7.63. The highest BCUT2D eigenvalue weighted by Crippen LogP contribution is 2.28. The summed E-state index contributed by atoms with van der Waals surface area (Å²) in [4.78, 5) is 24.3. The number of rotatable bonds is 4.